The van der Waals surface area contributed by atoms with E-state index in [1.165, 1.54) is 0 Å². The van der Waals surface area contributed by atoms with Crippen molar-refractivity contribution in [3.8, 4) is 0 Å². The summed E-state index contributed by atoms with van der Waals surface area (Å²) in [5, 5.41) is 8.88. The third kappa shape index (κ3) is 2.64. The number of nitrogens with zero attached hydrogens (tertiary/aromatic N) is 1. The molecule has 0 radical (unpaired) electrons. The minimum atomic E-state index is -0.903. The molecule has 1 heterocycles. The van der Waals surface area contributed by atoms with Crippen molar-refractivity contribution >= 4 is 11.8 Å². The fourth-order valence-corrected chi connectivity index (χ4v) is 2.32. The molecule has 0 saturated heterocycles. The van der Waals surface area contributed by atoms with Gasteiger partial charge in [-0.15, -0.1) is 0 Å². The standard InChI is InChI=1S/C16H17NO3/c1-10-4-6-12(7-5-10)16(20)15-11(2)8-13(17(15)3)9-14(18)19/h4-8H,9H2,1-3H3,(H,18,19). The molecule has 0 bridgehead atoms. The summed E-state index contributed by atoms with van der Waals surface area (Å²) in [6.07, 6.45) is -0.0848. The number of ketones is 1. The first-order valence-corrected chi connectivity index (χ1v) is 6.38. The Morgan fingerprint density at radius 2 is 1.75 bits per heavy atom. The van der Waals surface area contributed by atoms with E-state index in [1.807, 2.05) is 26.0 Å². The van der Waals surface area contributed by atoms with Gasteiger partial charge in [0.1, 0.15) is 0 Å². The fraction of sp³-hybridized carbons (Fsp3) is 0.250. The summed E-state index contributed by atoms with van der Waals surface area (Å²) in [6.45, 7) is 3.79. The van der Waals surface area contributed by atoms with Gasteiger partial charge in [-0.05, 0) is 25.5 Å². The van der Waals surface area contributed by atoms with Crippen molar-refractivity contribution in [1.82, 2.24) is 4.57 Å². The lowest BCUT2D eigenvalue weighted by atomic mass is 10.0. The van der Waals surface area contributed by atoms with Gasteiger partial charge in [0, 0.05) is 18.3 Å². The highest BCUT2D eigenvalue weighted by atomic mass is 16.4. The minimum Gasteiger partial charge on any atom is -0.481 e. The molecule has 4 nitrogen and oxygen atoms in total. The molecule has 1 aromatic heterocycles. The molecule has 20 heavy (non-hydrogen) atoms. The van der Waals surface area contributed by atoms with Gasteiger partial charge in [-0.3, -0.25) is 9.59 Å². The summed E-state index contributed by atoms with van der Waals surface area (Å²) in [5.41, 5.74) is 3.68. The van der Waals surface area contributed by atoms with Gasteiger partial charge in [-0.1, -0.05) is 29.8 Å². The highest BCUT2D eigenvalue weighted by molar-refractivity contribution is 6.09. The number of carboxylic acids is 1. The van der Waals surface area contributed by atoms with Crippen LogP contribution in [0, 0.1) is 13.8 Å². The van der Waals surface area contributed by atoms with Crippen LogP contribution in [0.5, 0.6) is 0 Å². The van der Waals surface area contributed by atoms with E-state index in [0.29, 0.717) is 17.0 Å². The second kappa shape index (κ2) is 5.33. The van der Waals surface area contributed by atoms with Crippen LogP contribution in [0.3, 0.4) is 0 Å². The average molecular weight is 271 g/mol. The van der Waals surface area contributed by atoms with E-state index in [1.54, 1.807) is 29.8 Å². The Labute approximate surface area is 117 Å². The van der Waals surface area contributed by atoms with Crippen molar-refractivity contribution in [3.63, 3.8) is 0 Å². The number of carboxylic acid groups (broad SMARTS) is 1. The third-order valence-corrected chi connectivity index (χ3v) is 3.38. The molecule has 4 heteroatoms. The summed E-state index contributed by atoms with van der Waals surface area (Å²) in [4.78, 5) is 23.4. The maximum Gasteiger partial charge on any atom is 0.309 e. The van der Waals surface area contributed by atoms with Gasteiger partial charge < -0.3 is 9.67 Å². The molecular weight excluding hydrogens is 254 g/mol. The number of carbonyl (C=O) groups is 2. The van der Waals surface area contributed by atoms with E-state index in [4.69, 9.17) is 5.11 Å². The average Bonchev–Trinajstić information content (AvgIpc) is 2.64. The van der Waals surface area contributed by atoms with Crippen LogP contribution < -0.4 is 0 Å². The maximum atomic E-state index is 12.5. The molecule has 0 saturated carbocycles. The van der Waals surface area contributed by atoms with Crippen molar-refractivity contribution in [2.75, 3.05) is 0 Å². The number of benzene rings is 1. The van der Waals surface area contributed by atoms with Crippen molar-refractivity contribution in [2.24, 2.45) is 7.05 Å². The molecule has 1 N–H and O–H groups in total. The van der Waals surface area contributed by atoms with Crippen LogP contribution in [0.4, 0.5) is 0 Å². The number of aromatic nitrogens is 1. The van der Waals surface area contributed by atoms with E-state index in [-0.39, 0.29) is 12.2 Å². The van der Waals surface area contributed by atoms with Crippen LogP contribution in [-0.4, -0.2) is 21.4 Å². The lowest BCUT2D eigenvalue weighted by Gasteiger charge is -2.07. The quantitative estimate of drug-likeness (QED) is 0.869. The Kier molecular flexibility index (Phi) is 3.74. The molecule has 0 aliphatic heterocycles. The van der Waals surface area contributed by atoms with E-state index >= 15 is 0 Å². The number of rotatable bonds is 4. The first kappa shape index (κ1) is 14.1. The van der Waals surface area contributed by atoms with E-state index in [2.05, 4.69) is 0 Å². The maximum absolute atomic E-state index is 12.5. The summed E-state index contributed by atoms with van der Waals surface area (Å²) in [6, 6.07) is 9.13. The number of hydrogen-bond acceptors (Lipinski definition) is 2. The predicted octanol–water partition coefficient (Wildman–Crippen LogP) is 2.50. The second-order valence-corrected chi connectivity index (χ2v) is 4.99. The zero-order valence-electron chi connectivity index (χ0n) is 11.8. The summed E-state index contributed by atoms with van der Waals surface area (Å²) in [7, 11) is 1.73. The lowest BCUT2D eigenvalue weighted by Crippen LogP contribution is -2.12. The Bertz CT molecular complexity index is 666. The zero-order valence-corrected chi connectivity index (χ0v) is 11.8. The van der Waals surface area contributed by atoms with Crippen molar-refractivity contribution in [3.05, 3.63) is 58.4 Å². The lowest BCUT2D eigenvalue weighted by molar-refractivity contribution is -0.136. The first-order chi connectivity index (χ1) is 9.40. The minimum absolute atomic E-state index is 0.0818. The van der Waals surface area contributed by atoms with Crippen LogP contribution in [0.25, 0.3) is 0 Å². The number of aliphatic carboxylic acids is 1. The summed E-state index contributed by atoms with van der Waals surface area (Å²) in [5.74, 6) is -0.985. The molecule has 0 aliphatic carbocycles. The van der Waals surface area contributed by atoms with E-state index in [0.717, 1.165) is 11.1 Å². The molecule has 0 fully saturated rings. The summed E-state index contributed by atoms with van der Waals surface area (Å²) < 4.78 is 1.67. The van der Waals surface area contributed by atoms with Gasteiger partial charge in [0.05, 0.1) is 12.1 Å². The van der Waals surface area contributed by atoms with Crippen LogP contribution in [0.1, 0.15) is 32.9 Å². The van der Waals surface area contributed by atoms with Gasteiger partial charge in [-0.2, -0.15) is 0 Å². The predicted molar refractivity (Wildman–Crippen MR) is 76.1 cm³/mol. The number of aryl methyl sites for hydroxylation is 2. The highest BCUT2D eigenvalue weighted by Gasteiger charge is 2.19. The molecule has 0 atom stereocenters. The van der Waals surface area contributed by atoms with Crippen LogP contribution in [-0.2, 0) is 18.3 Å². The van der Waals surface area contributed by atoms with Crippen LogP contribution in [0.2, 0.25) is 0 Å². The molecule has 0 aliphatic rings. The molecule has 0 spiro atoms. The molecule has 1 aromatic carbocycles. The largest absolute Gasteiger partial charge is 0.481 e. The SMILES string of the molecule is Cc1ccc(C(=O)c2c(C)cc(CC(=O)O)n2C)cc1. The van der Waals surface area contributed by atoms with Crippen molar-refractivity contribution in [2.45, 2.75) is 20.3 Å². The van der Waals surface area contributed by atoms with Gasteiger partial charge in [0.2, 0.25) is 5.78 Å². The Balaban J connectivity index is 2.42. The monoisotopic (exact) mass is 271 g/mol. The van der Waals surface area contributed by atoms with Gasteiger partial charge in [0.25, 0.3) is 0 Å². The molecule has 2 rings (SSSR count). The zero-order chi connectivity index (χ0) is 14.9. The molecular formula is C16H17NO3. The molecule has 0 amide bonds. The smallest absolute Gasteiger partial charge is 0.309 e. The fourth-order valence-electron chi connectivity index (χ4n) is 2.32. The highest BCUT2D eigenvalue weighted by Crippen LogP contribution is 2.19. The van der Waals surface area contributed by atoms with Crippen LogP contribution >= 0.6 is 0 Å². The Morgan fingerprint density at radius 3 is 2.30 bits per heavy atom. The van der Waals surface area contributed by atoms with Gasteiger partial charge in [0.15, 0.2) is 0 Å². The molecule has 0 unspecified atom stereocenters. The van der Waals surface area contributed by atoms with E-state index < -0.39 is 5.97 Å². The normalized spacial score (nSPS) is 10.6. The Morgan fingerprint density at radius 1 is 1.15 bits per heavy atom. The summed E-state index contributed by atoms with van der Waals surface area (Å²) >= 11 is 0. The second-order valence-electron chi connectivity index (χ2n) is 4.99. The third-order valence-electron chi connectivity index (χ3n) is 3.38. The van der Waals surface area contributed by atoms with Gasteiger partial charge in [-0.25, -0.2) is 0 Å². The Hall–Kier alpha value is -2.36. The van der Waals surface area contributed by atoms with Crippen molar-refractivity contribution in [1.29, 1.82) is 0 Å². The topological polar surface area (TPSA) is 59.3 Å². The first-order valence-electron chi connectivity index (χ1n) is 6.38. The molecule has 2 aromatic rings. The van der Waals surface area contributed by atoms with E-state index in [9.17, 15) is 9.59 Å². The van der Waals surface area contributed by atoms with Crippen molar-refractivity contribution < 1.29 is 14.7 Å². The molecule has 104 valence electrons. The van der Waals surface area contributed by atoms with Crippen LogP contribution in [0.15, 0.2) is 30.3 Å². The number of hydrogen-bond donors (Lipinski definition) is 1. The van der Waals surface area contributed by atoms with Gasteiger partial charge >= 0.3 is 5.97 Å². The number of carbonyl (C=O) groups excluding carboxylic acids is 1.